The predicted molar refractivity (Wildman–Crippen MR) is 80.6 cm³/mol. The number of hydrogen-bond donors (Lipinski definition) is 1. The Bertz CT molecular complexity index is 620. The van der Waals surface area contributed by atoms with Gasteiger partial charge in [-0.1, -0.05) is 0 Å². The second-order valence-corrected chi connectivity index (χ2v) is 5.87. The Morgan fingerprint density at radius 3 is 3.00 bits per heavy atom. The number of nitrogens with one attached hydrogen (secondary N) is 1. The lowest BCUT2D eigenvalue weighted by Crippen LogP contribution is -2.46. The minimum absolute atomic E-state index is 0.131. The Morgan fingerprint density at radius 2 is 2.27 bits per heavy atom. The molecular formula is C14H15FN4O2S. The van der Waals surface area contributed by atoms with Gasteiger partial charge in [0, 0.05) is 6.54 Å². The van der Waals surface area contributed by atoms with Crippen LogP contribution in [-0.2, 0) is 0 Å². The number of anilines is 1. The fraction of sp³-hybridized carbons (Fsp3) is 0.357. The highest BCUT2D eigenvalue weighted by molar-refractivity contribution is 7.14. The molecule has 1 atom stereocenters. The van der Waals surface area contributed by atoms with Crippen molar-refractivity contribution in [3.05, 3.63) is 35.7 Å². The smallest absolute Gasteiger partial charge is 0.322 e. The van der Waals surface area contributed by atoms with Crippen molar-refractivity contribution in [3.8, 4) is 6.01 Å². The van der Waals surface area contributed by atoms with Gasteiger partial charge in [0.2, 0.25) is 0 Å². The van der Waals surface area contributed by atoms with Crippen LogP contribution in [0, 0.1) is 5.82 Å². The van der Waals surface area contributed by atoms with Crippen LogP contribution >= 0.6 is 11.3 Å². The van der Waals surface area contributed by atoms with E-state index in [4.69, 9.17) is 4.74 Å². The van der Waals surface area contributed by atoms with Gasteiger partial charge in [-0.15, -0.1) is 11.3 Å². The average Bonchev–Trinajstić information content (AvgIpc) is 3.03. The molecule has 8 heteroatoms. The van der Waals surface area contributed by atoms with Gasteiger partial charge < -0.3 is 9.64 Å². The van der Waals surface area contributed by atoms with Crippen molar-refractivity contribution in [2.75, 3.05) is 18.4 Å². The van der Waals surface area contributed by atoms with Gasteiger partial charge in [-0.05, 0) is 30.4 Å². The molecule has 116 valence electrons. The van der Waals surface area contributed by atoms with E-state index in [1.54, 1.807) is 4.90 Å². The molecule has 2 amide bonds. The van der Waals surface area contributed by atoms with Crippen molar-refractivity contribution in [1.29, 1.82) is 0 Å². The van der Waals surface area contributed by atoms with E-state index in [2.05, 4.69) is 15.3 Å². The van der Waals surface area contributed by atoms with Crippen LogP contribution in [0.3, 0.4) is 0 Å². The highest BCUT2D eigenvalue weighted by Gasteiger charge is 2.25. The molecule has 1 aliphatic heterocycles. The molecule has 0 bridgehead atoms. The maximum Gasteiger partial charge on any atom is 0.322 e. The van der Waals surface area contributed by atoms with Gasteiger partial charge in [0.25, 0.3) is 0 Å². The van der Waals surface area contributed by atoms with Gasteiger partial charge in [-0.3, -0.25) is 5.32 Å². The number of ether oxygens (including phenoxy) is 1. The zero-order valence-corrected chi connectivity index (χ0v) is 12.6. The summed E-state index contributed by atoms with van der Waals surface area (Å²) < 4.78 is 18.4. The van der Waals surface area contributed by atoms with Gasteiger partial charge in [0.1, 0.15) is 6.10 Å². The van der Waals surface area contributed by atoms with E-state index in [1.807, 2.05) is 17.5 Å². The van der Waals surface area contributed by atoms with E-state index in [0.717, 1.165) is 30.2 Å². The zero-order chi connectivity index (χ0) is 15.4. The maximum atomic E-state index is 12.8. The normalized spacial score (nSPS) is 18.0. The van der Waals surface area contributed by atoms with Crippen molar-refractivity contribution >= 4 is 22.4 Å². The highest BCUT2D eigenvalue weighted by Crippen LogP contribution is 2.19. The van der Waals surface area contributed by atoms with Gasteiger partial charge in [0.05, 0.1) is 23.9 Å². The number of carbonyl (C=O) groups excluding carboxylic acids is 1. The largest absolute Gasteiger partial charge is 0.458 e. The third-order valence-electron chi connectivity index (χ3n) is 3.29. The summed E-state index contributed by atoms with van der Waals surface area (Å²) in [4.78, 5) is 21.5. The molecule has 1 unspecified atom stereocenters. The average molecular weight is 322 g/mol. The molecule has 2 aromatic heterocycles. The van der Waals surface area contributed by atoms with Crippen molar-refractivity contribution in [2.24, 2.45) is 0 Å². The Kier molecular flexibility index (Phi) is 4.47. The molecule has 0 saturated carbocycles. The second kappa shape index (κ2) is 6.69. The molecule has 2 aromatic rings. The molecule has 1 N–H and O–H groups in total. The summed E-state index contributed by atoms with van der Waals surface area (Å²) >= 11 is 1.47. The van der Waals surface area contributed by atoms with Crippen molar-refractivity contribution in [2.45, 2.75) is 18.9 Å². The second-order valence-electron chi connectivity index (χ2n) is 4.92. The number of nitrogens with zero attached hydrogens (tertiary/aromatic N) is 3. The Labute approximate surface area is 131 Å². The first-order valence-electron chi connectivity index (χ1n) is 6.94. The molecular weight excluding hydrogens is 307 g/mol. The molecule has 6 nitrogen and oxygen atoms in total. The summed E-state index contributed by atoms with van der Waals surface area (Å²) in [5, 5.41) is 5.57. The molecule has 3 heterocycles. The zero-order valence-electron chi connectivity index (χ0n) is 11.7. The van der Waals surface area contributed by atoms with Gasteiger partial charge >= 0.3 is 12.0 Å². The molecule has 0 spiro atoms. The number of carbonyl (C=O) groups is 1. The minimum atomic E-state index is -0.507. The van der Waals surface area contributed by atoms with Gasteiger partial charge in [-0.25, -0.2) is 19.2 Å². The van der Waals surface area contributed by atoms with Crippen LogP contribution in [0.5, 0.6) is 6.01 Å². The molecule has 1 fully saturated rings. The maximum absolute atomic E-state index is 12.8. The standard InChI is InChI=1S/C14H15FN4O2S/c15-10-7-16-13(17-8-10)21-11-3-1-5-19(9-11)14(20)18-12-4-2-6-22-12/h2,4,6-8,11H,1,3,5,9H2,(H,18,20). The fourth-order valence-corrected chi connectivity index (χ4v) is 2.87. The molecule has 0 aliphatic carbocycles. The number of urea groups is 1. The summed E-state index contributed by atoms with van der Waals surface area (Å²) in [6.45, 7) is 1.14. The lowest BCUT2D eigenvalue weighted by Gasteiger charge is -2.32. The molecule has 1 saturated heterocycles. The quantitative estimate of drug-likeness (QED) is 0.943. The first-order valence-corrected chi connectivity index (χ1v) is 7.82. The first-order chi connectivity index (χ1) is 10.7. The molecule has 3 rings (SSSR count). The van der Waals surface area contributed by atoms with Gasteiger partial charge in [-0.2, -0.15) is 0 Å². The van der Waals surface area contributed by atoms with Crippen molar-refractivity contribution in [1.82, 2.24) is 14.9 Å². The summed E-state index contributed by atoms with van der Waals surface area (Å²) in [6, 6.07) is 3.73. The molecule has 1 aliphatic rings. The van der Waals surface area contributed by atoms with Crippen LogP contribution in [0.1, 0.15) is 12.8 Å². The van der Waals surface area contributed by atoms with E-state index < -0.39 is 5.82 Å². The summed E-state index contributed by atoms with van der Waals surface area (Å²) in [5.41, 5.74) is 0. The van der Waals surface area contributed by atoms with Crippen LogP contribution in [0.4, 0.5) is 14.2 Å². The van der Waals surface area contributed by atoms with Crippen LogP contribution in [0.25, 0.3) is 0 Å². The monoisotopic (exact) mass is 322 g/mol. The summed E-state index contributed by atoms with van der Waals surface area (Å²) in [7, 11) is 0. The van der Waals surface area contributed by atoms with E-state index in [-0.39, 0.29) is 18.1 Å². The number of amides is 2. The van der Waals surface area contributed by atoms with Crippen LogP contribution in [0.15, 0.2) is 29.9 Å². The number of aromatic nitrogens is 2. The molecule has 22 heavy (non-hydrogen) atoms. The third kappa shape index (κ3) is 3.70. The van der Waals surface area contributed by atoms with E-state index in [9.17, 15) is 9.18 Å². The Balaban J connectivity index is 1.56. The number of piperidine rings is 1. The number of halogens is 1. The number of thiophene rings is 1. The third-order valence-corrected chi connectivity index (χ3v) is 4.07. The SMILES string of the molecule is O=C(Nc1cccs1)N1CCCC(Oc2ncc(F)cn2)C1. The van der Waals surface area contributed by atoms with E-state index in [1.165, 1.54) is 11.3 Å². The van der Waals surface area contributed by atoms with Crippen molar-refractivity contribution in [3.63, 3.8) is 0 Å². The first kappa shape index (κ1) is 14.7. The Morgan fingerprint density at radius 1 is 1.45 bits per heavy atom. The summed E-state index contributed by atoms with van der Waals surface area (Å²) in [5.74, 6) is -0.507. The van der Waals surface area contributed by atoms with E-state index >= 15 is 0 Å². The van der Waals surface area contributed by atoms with Crippen molar-refractivity contribution < 1.29 is 13.9 Å². The lowest BCUT2D eigenvalue weighted by molar-refractivity contribution is 0.0981. The number of rotatable bonds is 3. The van der Waals surface area contributed by atoms with Crippen LogP contribution in [0.2, 0.25) is 0 Å². The lowest BCUT2D eigenvalue weighted by atomic mass is 10.1. The van der Waals surface area contributed by atoms with Gasteiger partial charge in [0.15, 0.2) is 5.82 Å². The summed E-state index contributed by atoms with van der Waals surface area (Å²) in [6.07, 6.45) is 3.58. The number of hydrogen-bond acceptors (Lipinski definition) is 5. The molecule has 0 aromatic carbocycles. The minimum Gasteiger partial charge on any atom is -0.458 e. The van der Waals surface area contributed by atoms with E-state index in [0.29, 0.717) is 13.1 Å². The Hall–Kier alpha value is -2.22. The fourth-order valence-electron chi connectivity index (χ4n) is 2.26. The highest BCUT2D eigenvalue weighted by atomic mass is 32.1. The number of likely N-dealkylation sites (tertiary alicyclic amines) is 1. The van der Waals surface area contributed by atoms with Crippen LogP contribution < -0.4 is 10.1 Å². The van der Waals surface area contributed by atoms with Crippen LogP contribution in [-0.4, -0.2) is 40.1 Å². The topological polar surface area (TPSA) is 67.4 Å². The molecule has 0 radical (unpaired) electrons. The predicted octanol–water partition coefficient (Wildman–Crippen LogP) is 2.75.